The average Bonchev–Trinajstić information content (AvgIpc) is 3.38. The zero-order valence-electron chi connectivity index (χ0n) is 14.5. The van der Waals surface area contributed by atoms with E-state index >= 15 is 0 Å². The highest BCUT2D eigenvalue weighted by molar-refractivity contribution is 5.56. The lowest BCUT2D eigenvalue weighted by atomic mass is 10.1. The van der Waals surface area contributed by atoms with E-state index in [1.54, 1.807) is 6.26 Å². The number of hydrogen-bond donors (Lipinski definition) is 2. The molecule has 0 amide bonds. The van der Waals surface area contributed by atoms with E-state index in [1.807, 2.05) is 31.3 Å². The molecule has 4 heterocycles. The van der Waals surface area contributed by atoms with Gasteiger partial charge in [0.05, 0.1) is 18.5 Å². The molecule has 25 heavy (non-hydrogen) atoms. The lowest BCUT2D eigenvalue weighted by Gasteiger charge is -2.26. The molecule has 4 rings (SSSR count). The topological polar surface area (TPSA) is 70.2 Å². The van der Waals surface area contributed by atoms with Gasteiger partial charge < -0.3 is 14.2 Å². The number of rotatable bonds is 7. The normalized spacial score (nSPS) is 16.5. The van der Waals surface area contributed by atoms with Crippen molar-refractivity contribution in [2.75, 3.05) is 19.6 Å². The van der Waals surface area contributed by atoms with Crippen LogP contribution in [0.2, 0.25) is 0 Å². The molecule has 1 aliphatic rings. The van der Waals surface area contributed by atoms with E-state index in [9.17, 15) is 0 Å². The monoisotopic (exact) mass is 340 g/mol. The molecule has 0 radical (unpaired) electrons. The number of nitrogens with zero attached hydrogens (tertiary/aromatic N) is 2. The van der Waals surface area contributed by atoms with Crippen LogP contribution in [0.4, 0.5) is 0 Å². The molecule has 1 atom stereocenters. The van der Waals surface area contributed by atoms with Gasteiger partial charge in [-0.1, -0.05) is 0 Å². The van der Waals surface area contributed by atoms with Crippen molar-refractivity contribution in [1.29, 1.82) is 0 Å². The Morgan fingerprint density at radius 1 is 1.28 bits per heavy atom. The van der Waals surface area contributed by atoms with E-state index in [4.69, 9.17) is 8.83 Å². The van der Waals surface area contributed by atoms with Crippen molar-refractivity contribution in [2.24, 2.45) is 0 Å². The summed E-state index contributed by atoms with van der Waals surface area (Å²) in [6.45, 7) is 5.79. The van der Waals surface area contributed by atoms with Gasteiger partial charge in [0.25, 0.3) is 0 Å². The SMILES string of the molecule is Cc1ccc(-c2[nH]ncc2CNCC(c2ccco2)N2CCCC2)o1. The Morgan fingerprint density at radius 3 is 2.88 bits per heavy atom. The third kappa shape index (κ3) is 3.55. The van der Waals surface area contributed by atoms with Gasteiger partial charge in [-0.25, -0.2) is 0 Å². The molecule has 132 valence electrons. The summed E-state index contributed by atoms with van der Waals surface area (Å²) in [4.78, 5) is 2.50. The first kappa shape index (κ1) is 16.2. The number of nitrogens with one attached hydrogen (secondary N) is 2. The molecule has 1 saturated heterocycles. The fraction of sp³-hybridized carbons (Fsp3) is 0.421. The minimum absolute atomic E-state index is 0.277. The highest BCUT2D eigenvalue weighted by Crippen LogP contribution is 2.26. The molecular weight excluding hydrogens is 316 g/mol. The lowest BCUT2D eigenvalue weighted by molar-refractivity contribution is 0.209. The van der Waals surface area contributed by atoms with E-state index in [0.717, 1.165) is 54.7 Å². The maximum Gasteiger partial charge on any atom is 0.152 e. The van der Waals surface area contributed by atoms with Crippen LogP contribution in [-0.4, -0.2) is 34.7 Å². The summed E-state index contributed by atoms with van der Waals surface area (Å²) in [6, 6.07) is 8.25. The molecule has 0 aliphatic carbocycles. The zero-order chi connectivity index (χ0) is 17.1. The standard InChI is InChI=1S/C19H24N4O2/c1-14-6-7-18(25-14)19-15(12-21-22-19)11-20-13-16(17-5-4-10-24-17)23-8-2-3-9-23/h4-7,10,12,16,20H,2-3,8-9,11,13H2,1H3,(H,21,22). The Labute approximate surface area is 147 Å². The fourth-order valence-electron chi connectivity index (χ4n) is 3.51. The van der Waals surface area contributed by atoms with Crippen LogP contribution in [0.3, 0.4) is 0 Å². The summed E-state index contributed by atoms with van der Waals surface area (Å²) < 4.78 is 11.4. The molecule has 6 nitrogen and oxygen atoms in total. The Morgan fingerprint density at radius 2 is 2.16 bits per heavy atom. The van der Waals surface area contributed by atoms with Crippen molar-refractivity contribution in [3.63, 3.8) is 0 Å². The largest absolute Gasteiger partial charge is 0.468 e. The molecule has 6 heteroatoms. The summed E-state index contributed by atoms with van der Waals surface area (Å²) in [6.07, 6.45) is 6.14. The molecule has 0 saturated carbocycles. The van der Waals surface area contributed by atoms with Crippen molar-refractivity contribution < 1.29 is 8.83 Å². The third-order valence-corrected chi connectivity index (χ3v) is 4.81. The number of aromatic amines is 1. The van der Waals surface area contributed by atoms with Crippen LogP contribution in [0.15, 0.2) is 45.6 Å². The quantitative estimate of drug-likeness (QED) is 0.689. The second-order valence-electron chi connectivity index (χ2n) is 6.59. The first-order valence-electron chi connectivity index (χ1n) is 8.88. The van der Waals surface area contributed by atoms with Gasteiger partial charge in [0.1, 0.15) is 17.2 Å². The molecule has 1 fully saturated rings. The van der Waals surface area contributed by atoms with Crippen LogP contribution < -0.4 is 5.32 Å². The molecule has 0 bridgehead atoms. The predicted molar refractivity (Wildman–Crippen MR) is 95.0 cm³/mol. The van der Waals surface area contributed by atoms with Crippen molar-refractivity contribution in [2.45, 2.75) is 32.4 Å². The molecule has 2 N–H and O–H groups in total. The molecule has 3 aromatic rings. The van der Waals surface area contributed by atoms with Crippen molar-refractivity contribution in [3.05, 3.63) is 53.8 Å². The van der Waals surface area contributed by atoms with Crippen LogP contribution in [0.25, 0.3) is 11.5 Å². The van der Waals surface area contributed by atoms with E-state index in [-0.39, 0.29) is 6.04 Å². The first-order valence-corrected chi connectivity index (χ1v) is 8.88. The summed E-state index contributed by atoms with van der Waals surface area (Å²) in [7, 11) is 0. The van der Waals surface area contributed by atoms with Crippen molar-refractivity contribution in [3.8, 4) is 11.5 Å². The number of aryl methyl sites for hydroxylation is 1. The molecule has 0 spiro atoms. The van der Waals surface area contributed by atoms with Gasteiger partial charge in [0, 0.05) is 18.7 Å². The van der Waals surface area contributed by atoms with Crippen LogP contribution in [0.1, 0.15) is 36.0 Å². The smallest absolute Gasteiger partial charge is 0.152 e. The maximum atomic E-state index is 5.71. The molecule has 1 unspecified atom stereocenters. The number of likely N-dealkylation sites (tertiary alicyclic amines) is 1. The minimum atomic E-state index is 0.277. The summed E-state index contributed by atoms with van der Waals surface area (Å²) >= 11 is 0. The van der Waals surface area contributed by atoms with Crippen molar-refractivity contribution in [1.82, 2.24) is 20.4 Å². The maximum absolute atomic E-state index is 5.71. The second kappa shape index (κ2) is 7.29. The minimum Gasteiger partial charge on any atom is -0.468 e. The molecule has 3 aromatic heterocycles. The Bertz CT molecular complexity index is 784. The number of hydrogen-bond acceptors (Lipinski definition) is 5. The average molecular weight is 340 g/mol. The summed E-state index contributed by atoms with van der Waals surface area (Å²) in [5.74, 6) is 2.76. The predicted octanol–water partition coefficient (Wildman–Crippen LogP) is 3.50. The molecular formula is C19H24N4O2. The van der Waals surface area contributed by atoms with E-state index in [1.165, 1.54) is 12.8 Å². The first-order chi connectivity index (χ1) is 12.3. The zero-order valence-corrected chi connectivity index (χ0v) is 14.5. The van der Waals surface area contributed by atoms with Gasteiger partial charge in [0.2, 0.25) is 0 Å². The van der Waals surface area contributed by atoms with Gasteiger partial charge in [0.15, 0.2) is 5.76 Å². The van der Waals surface area contributed by atoms with Gasteiger partial charge in [-0.2, -0.15) is 5.10 Å². The van der Waals surface area contributed by atoms with E-state index < -0.39 is 0 Å². The Hall–Kier alpha value is -2.31. The van der Waals surface area contributed by atoms with E-state index in [0.29, 0.717) is 0 Å². The number of H-pyrrole nitrogens is 1. The second-order valence-corrected chi connectivity index (χ2v) is 6.59. The van der Waals surface area contributed by atoms with Gasteiger partial charge in [-0.15, -0.1) is 0 Å². The lowest BCUT2D eigenvalue weighted by Crippen LogP contribution is -2.33. The van der Waals surface area contributed by atoms with Crippen LogP contribution in [0, 0.1) is 6.92 Å². The summed E-state index contributed by atoms with van der Waals surface area (Å²) in [5.41, 5.74) is 2.05. The van der Waals surface area contributed by atoms with E-state index in [2.05, 4.69) is 26.5 Å². The highest BCUT2D eigenvalue weighted by atomic mass is 16.3. The highest BCUT2D eigenvalue weighted by Gasteiger charge is 2.25. The van der Waals surface area contributed by atoms with Gasteiger partial charge in [-0.3, -0.25) is 10.00 Å². The van der Waals surface area contributed by atoms with Crippen LogP contribution in [0.5, 0.6) is 0 Å². The van der Waals surface area contributed by atoms with Gasteiger partial charge >= 0.3 is 0 Å². The number of aromatic nitrogens is 2. The van der Waals surface area contributed by atoms with Crippen LogP contribution in [-0.2, 0) is 6.54 Å². The van der Waals surface area contributed by atoms with Crippen molar-refractivity contribution >= 4 is 0 Å². The van der Waals surface area contributed by atoms with Crippen LogP contribution >= 0.6 is 0 Å². The Kier molecular flexibility index (Phi) is 4.72. The molecule has 0 aromatic carbocycles. The molecule has 1 aliphatic heterocycles. The summed E-state index contributed by atoms with van der Waals surface area (Å²) in [5, 5.41) is 10.8. The van der Waals surface area contributed by atoms with Gasteiger partial charge in [-0.05, 0) is 57.1 Å². The Balaban J connectivity index is 1.42. The third-order valence-electron chi connectivity index (χ3n) is 4.81. The number of furan rings is 2. The fourth-order valence-corrected chi connectivity index (χ4v) is 3.51.